The van der Waals surface area contributed by atoms with Crippen molar-refractivity contribution in [1.29, 1.82) is 0 Å². The molecule has 3 N–H and O–H groups in total. The van der Waals surface area contributed by atoms with Crippen LogP contribution in [0.2, 0.25) is 0 Å². The average molecular weight is 224 g/mol. The summed E-state index contributed by atoms with van der Waals surface area (Å²) in [5.41, 5.74) is 6.67. The van der Waals surface area contributed by atoms with E-state index in [2.05, 4.69) is 24.2 Å². The predicted octanol–water partition coefficient (Wildman–Crippen LogP) is 2.61. The maximum Gasteiger partial charge on any atom is 0.139 e. The van der Waals surface area contributed by atoms with E-state index in [-0.39, 0.29) is 0 Å². The van der Waals surface area contributed by atoms with Gasteiger partial charge in [-0.3, -0.25) is 0 Å². The second kappa shape index (κ2) is 6.35. The van der Waals surface area contributed by atoms with E-state index in [4.69, 9.17) is 10.9 Å². The molecule has 0 spiro atoms. The van der Waals surface area contributed by atoms with E-state index < -0.39 is 0 Å². The van der Waals surface area contributed by atoms with Crippen LogP contribution in [0.4, 0.5) is 0 Å². The molecule has 0 unspecified atom stereocenters. The predicted molar refractivity (Wildman–Crippen MR) is 64.5 cm³/mol. The first-order valence-electron chi connectivity index (χ1n) is 4.89. The second-order valence-corrected chi connectivity index (χ2v) is 4.45. The molecule has 0 radical (unpaired) electrons. The van der Waals surface area contributed by atoms with Gasteiger partial charge < -0.3 is 10.9 Å². The van der Waals surface area contributed by atoms with Crippen molar-refractivity contribution >= 4 is 17.6 Å². The van der Waals surface area contributed by atoms with Gasteiger partial charge in [0.1, 0.15) is 5.84 Å². The highest BCUT2D eigenvalue weighted by Gasteiger charge is 1.98. The van der Waals surface area contributed by atoms with Crippen LogP contribution < -0.4 is 5.73 Å². The Balaban J connectivity index is 2.29. The van der Waals surface area contributed by atoms with Crippen molar-refractivity contribution in [1.82, 2.24) is 0 Å². The topological polar surface area (TPSA) is 58.6 Å². The van der Waals surface area contributed by atoms with E-state index in [1.54, 1.807) is 0 Å². The summed E-state index contributed by atoms with van der Waals surface area (Å²) >= 11 is 1.81. The molecule has 15 heavy (non-hydrogen) atoms. The molecule has 0 fully saturated rings. The highest BCUT2D eigenvalue weighted by Crippen LogP contribution is 2.22. The Bertz CT molecular complexity index is 339. The number of rotatable bonds is 5. The van der Waals surface area contributed by atoms with Crippen molar-refractivity contribution in [3.63, 3.8) is 0 Å². The van der Waals surface area contributed by atoms with E-state index in [1.807, 2.05) is 23.9 Å². The lowest BCUT2D eigenvalue weighted by atomic mass is 10.2. The molecule has 0 bridgehead atoms. The van der Waals surface area contributed by atoms with Gasteiger partial charge >= 0.3 is 0 Å². The summed E-state index contributed by atoms with van der Waals surface area (Å²) in [4.78, 5) is 1.30. The summed E-state index contributed by atoms with van der Waals surface area (Å²) in [6.07, 6.45) is 1.57. The van der Waals surface area contributed by atoms with E-state index in [0.717, 1.165) is 12.2 Å². The van der Waals surface area contributed by atoms with Crippen molar-refractivity contribution in [3.8, 4) is 0 Å². The van der Waals surface area contributed by atoms with Crippen molar-refractivity contribution < 1.29 is 5.21 Å². The smallest absolute Gasteiger partial charge is 0.139 e. The summed E-state index contributed by atoms with van der Waals surface area (Å²) in [5.74, 6) is 1.29. The summed E-state index contributed by atoms with van der Waals surface area (Å²) in [6, 6.07) is 8.30. The van der Waals surface area contributed by atoms with E-state index in [9.17, 15) is 0 Å². The number of aryl methyl sites for hydroxylation is 1. The molecule has 0 saturated heterocycles. The van der Waals surface area contributed by atoms with Crippen LogP contribution >= 0.6 is 11.8 Å². The fourth-order valence-corrected chi connectivity index (χ4v) is 2.18. The monoisotopic (exact) mass is 224 g/mol. The Labute approximate surface area is 94.4 Å². The number of nitrogens with zero attached hydrogens (tertiary/aromatic N) is 1. The van der Waals surface area contributed by atoms with Crippen LogP contribution in [0.5, 0.6) is 0 Å². The first-order valence-corrected chi connectivity index (χ1v) is 5.87. The fourth-order valence-electron chi connectivity index (χ4n) is 1.20. The molecular weight excluding hydrogens is 208 g/mol. The van der Waals surface area contributed by atoms with Gasteiger partial charge in [-0.25, -0.2) is 0 Å². The molecule has 4 heteroatoms. The Morgan fingerprint density at radius 2 is 2.20 bits per heavy atom. The zero-order valence-corrected chi connectivity index (χ0v) is 9.63. The third-order valence-electron chi connectivity index (χ3n) is 2.06. The quantitative estimate of drug-likeness (QED) is 0.202. The molecule has 0 aliphatic carbocycles. The molecule has 1 aromatic carbocycles. The van der Waals surface area contributed by atoms with Crippen LogP contribution in [0.1, 0.15) is 18.4 Å². The van der Waals surface area contributed by atoms with Crippen LogP contribution in [-0.4, -0.2) is 16.8 Å². The summed E-state index contributed by atoms with van der Waals surface area (Å²) in [6.45, 7) is 2.10. The Morgan fingerprint density at radius 3 is 2.87 bits per heavy atom. The Kier molecular flexibility index (Phi) is 5.04. The molecule has 0 atom stereocenters. The first kappa shape index (κ1) is 11.9. The summed E-state index contributed by atoms with van der Waals surface area (Å²) < 4.78 is 0. The third-order valence-corrected chi connectivity index (χ3v) is 3.32. The van der Waals surface area contributed by atoms with Gasteiger partial charge in [0.05, 0.1) is 0 Å². The number of amidine groups is 1. The number of thioether (sulfide) groups is 1. The Hall–Kier alpha value is -1.16. The second-order valence-electron chi connectivity index (χ2n) is 3.31. The van der Waals surface area contributed by atoms with Gasteiger partial charge in [0.15, 0.2) is 0 Å². The zero-order chi connectivity index (χ0) is 11.1. The highest BCUT2D eigenvalue weighted by molar-refractivity contribution is 7.99. The number of benzene rings is 1. The highest BCUT2D eigenvalue weighted by atomic mass is 32.2. The molecule has 82 valence electrons. The summed E-state index contributed by atoms with van der Waals surface area (Å²) in [7, 11) is 0. The third kappa shape index (κ3) is 4.25. The zero-order valence-electron chi connectivity index (χ0n) is 8.81. The number of oxime groups is 1. The van der Waals surface area contributed by atoms with E-state index in [0.29, 0.717) is 12.3 Å². The van der Waals surface area contributed by atoms with Crippen LogP contribution in [0.15, 0.2) is 34.3 Å². The minimum absolute atomic E-state index is 0.306. The molecule has 0 aliphatic rings. The van der Waals surface area contributed by atoms with Crippen LogP contribution in [0, 0.1) is 6.92 Å². The summed E-state index contributed by atoms with van der Waals surface area (Å²) in [5, 5.41) is 11.3. The largest absolute Gasteiger partial charge is 0.409 e. The van der Waals surface area contributed by atoms with Gasteiger partial charge in [0, 0.05) is 11.3 Å². The van der Waals surface area contributed by atoms with Gasteiger partial charge in [0.2, 0.25) is 0 Å². The Morgan fingerprint density at radius 1 is 1.47 bits per heavy atom. The number of nitrogens with two attached hydrogens (primary N) is 1. The lowest BCUT2D eigenvalue weighted by Gasteiger charge is -2.04. The first-order chi connectivity index (χ1) is 7.24. The lowest BCUT2D eigenvalue weighted by molar-refractivity contribution is 0.317. The lowest BCUT2D eigenvalue weighted by Crippen LogP contribution is -2.11. The van der Waals surface area contributed by atoms with Crippen molar-refractivity contribution in [2.75, 3.05) is 5.75 Å². The van der Waals surface area contributed by atoms with Crippen LogP contribution in [0.3, 0.4) is 0 Å². The number of hydrogen-bond donors (Lipinski definition) is 2. The number of hydrogen-bond acceptors (Lipinski definition) is 3. The molecular formula is C11H16N2OS. The molecule has 0 aliphatic heterocycles. The van der Waals surface area contributed by atoms with Gasteiger partial charge in [-0.05, 0) is 30.7 Å². The normalized spacial score (nSPS) is 11.7. The van der Waals surface area contributed by atoms with Crippen LogP contribution in [-0.2, 0) is 0 Å². The molecule has 0 amide bonds. The molecule has 1 rings (SSSR count). The van der Waals surface area contributed by atoms with Crippen molar-refractivity contribution in [2.24, 2.45) is 10.9 Å². The molecule has 1 aromatic rings. The minimum Gasteiger partial charge on any atom is -0.409 e. The van der Waals surface area contributed by atoms with E-state index >= 15 is 0 Å². The van der Waals surface area contributed by atoms with Crippen LogP contribution in [0.25, 0.3) is 0 Å². The van der Waals surface area contributed by atoms with Crippen molar-refractivity contribution in [2.45, 2.75) is 24.7 Å². The van der Waals surface area contributed by atoms with Gasteiger partial charge in [-0.1, -0.05) is 23.4 Å². The van der Waals surface area contributed by atoms with Gasteiger partial charge in [-0.15, -0.1) is 11.8 Å². The average Bonchev–Trinajstić information content (AvgIpc) is 2.26. The fraction of sp³-hybridized carbons (Fsp3) is 0.364. The molecule has 0 heterocycles. The van der Waals surface area contributed by atoms with Crippen molar-refractivity contribution in [3.05, 3.63) is 29.8 Å². The standard InChI is InChI=1S/C11H16N2OS/c1-9-5-2-3-6-10(9)15-8-4-7-11(12)13-14/h2-3,5-6,14H,4,7-8H2,1H3,(H2,12,13). The van der Waals surface area contributed by atoms with Gasteiger partial charge in [-0.2, -0.15) is 0 Å². The molecule has 0 saturated carbocycles. The van der Waals surface area contributed by atoms with Gasteiger partial charge in [0.25, 0.3) is 0 Å². The van der Waals surface area contributed by atoms with E-state index in [1.165, 1.54) is 10.5 Å². The maximum atomic E-state index is 8.35. The minimum atomic E-state index is 0.306. The molecule has 0 aromatic heterocycles. The SMILES string of the molecule is Cc1ccccc1SCCC/C(N)=N/O. The molecule has 3 nitrogen and oxygen atoms in total. The maximum absolute atomic E-state index is 8.35.